The quantitative estimate of drug-likeness (QED) is 0.605. The second-order valence-corrected chi connectivity index (χ2v) is 8.73. The van der Waals surface area contributed by atoms with Crippen LogP contribution in [0.25, 0.3) is 5.65 Å². The standard InChI is InChI=1S/C23H22F3N5O2/c1-13-14(2)31-20(32)4-6-28-22(31)18-12-30(11-17(13)18)21(33)7-15-9-29(10-15)16-3-5-27-19(8-16)23(24,25)26/h3-6,8,15H,7,9-12H2,1-2H3. The highest BCUT2D eigenvalue weighted by atomic mass is 19.4. The van der Waals surface area contributed by atoms with E-state index < -0.39 is 11.9 Å². The minimum atomic E-state index is -4.48. The van der Waals surface area contributed by atoms with Gasteiger partial charge in [-0.3, -0.25) is 19.0 Å². The number of amides is 1. The molecule has 3 aromatic heterocycles. The van der Waals surface area contributed by atoms with E-state index in [1.165, 1.54) is 12.3 Å². The predicted octanol–water partition coefficient (Wildman–Crippen LogP) is 3.09. The zero-order chi connectivity index (χ0) is 23.5. The Balaban J connectivity index is 1.27. The molecule has 0 unspecified atom stereocenters. The van der Waals surface area contributed by atoms with E-state index in [-0.39, 0.29) is 17.4 Å². The topological polar surface area (TPSA) is 70.8 Å². The summed E-state index contributed by atoms with van der Waals surface area (Å²) < 4.78 is 40.3. The SMILES string of the molecule is Cc1c2c(c3nccc(=O)n3c1C)CN(C(=O)CC1CN(c3ccnc(C(F)(F)F)c3)C1)C2. The lowest BCUT2D eigenvalue weighted by atomic mass is 9.95. The van der Waals surface area contributed by atoms with Gasteiger partial charge in [0.15, 0.2) is 0 Å². The summed E-state index contributed by atoms with van der Waals surface area (Å²) in [6, 6.07) is 4.02. The number of carbonyl (C=O) groups excluding carboxylic acids is 1. The van der Waals surface area contributed by atoms with Crippen molar-refractivity contribution in [2.75, 3.05) is 18.0 Å². The molecule has 0 spiro atoms. The fraction of sp³-hybridized carbons (Fsp3) is 0.391. The summed E-state index contributed by atoms with van der Waals surface area (Å²) in [7, 11) is 0. The highest BCUT2D eigenvalue weighted by molar-refractivity contribution is 5.78. The van der Waals surface area contributed by atoms with Gasteiger partial charge in [-0.2, -0.15) is 13.2 Å². The molecule has 0 bridgehead atoms. The van der Waals surface area contributed by atoms with Gasteiger partial charge >= 0.3 is 6.18 Å². The molecule has 2 aliphatic heterocycles. The first-order chi connectivity index (χ1) is 15.6. The molecule has 172 valence electrons. The van der Waals surface area contributed by atoms with Crippen molar-refractivity contribution in [1.29, 1.82) is 0 Å². The molecule has 1 fully saturated rings. The normalized spacial score (nSPS) is 16.3. The third kappa shape index (κ3) is 3.63. The lowest BCUT2D eigenvalue weighted by molar-refractivity contribution is -0.141. The van der Waals surface area contributed by atoms with Crippen LogP contribution in [0.2, 0.25) is 0 Å². The third-order valence-corrected chi connectivity index (χ3v) is 6.68. The van der Waals surface area contributed by atoms with Gasteiger partial charge in [0, 0.05) is 67.4 Å². The number of aromatic nitrogens is 3. The Hall–Kier alpha value is -3.43. The van der Waals surface area contributed by atoms with Crippen molar-refractivity contribution in [2.24, 2.45) is 5.92 Å². The summed E-state index contributed by atoms with van der Waals surface area (Å²) >= 11 is 0. The van der Waals surface area contributed by atoms with Crippen LogP contribution in [-0.4, -0.2) is 38.3 Å². The van der Waals surface area contributed by atoms with E-state index in [0.29, 0.717) is 43.9 Å². The second kappa shape index (κ2) is 7.57. The summed E-state index contributed by atoms with van der Waals surface area (Å²) in [4.78, 5) is 36.7. The molecule has 3 aromatic rings. The van der Waals surface area contributed by atoms with Gasteiger partial charge in [-0.05, 0) is 37.1 Å². The van der Waals surface area contributed by atoms with Crippen LogP contribution >= 0.6 is 0 Å². The fourth-order valence-electron chi connectivity index (χ4n) is 4.74. The summed E-state index contributed by atoms with van der Waals surface area (Å²) in [5, 5.41) is 0. The Kier molecular flexibility index (Phi) is 4.91. The predicted molar refractivity (Wildman–Crippen MR) is 115 cm³/mol. The zero-order valence-electron chi connectivity index (χ0n) is 18.2. The molecule has 1 saturated heterocycles. The van der Waals surface area contributed by atoms with Crippen molar-refractivity contribution >= 4 is 17.2 Å². The highest BCUT2D eigenvalue weighted by Crippen LogP contribution is 2.34. The fourth-order valence-corrected chi connectivity index (χ4v) is 4.74. The number of hydrogen-bond donors (Lipinski definition) is 0. The van der Waals surface area contributed by atoms with Gasteiger partial charge < -0.3 is 9.80 Å². The van der Waals surface area contributed by atoms with Crippen LogP contribution in [-0.2, 0) is 24.1 Å². The molecule has 5 rings (SSSR count). The zero-order valence-corrected chi connectivity index (χ0v) is 18.2. The Bertz CT molecular complexity index is 1330. The van der Waals surface area contributed by atoms with Crippen LogP contribution in [0, 0.1) is 19.8 Å². The molecule has 0 aromatic carbocycles. The van der Waals surface area contributed by atoms with Crippen LogP contribution in [0.4, 0.5) is 18.9 Å². The molecule has 5 heterocycles. The largest absolute Gasteiger partial charge is 0.433 e. The van der Waals surface area contributed by atoms with E-state index >= 15 is 0 Å². The number of anilines is 1. The van der Waals surface area contributed by atoms with E-state index in [9.17, 15) is 22.8 Å². The summed E-state index contributed by atoms with van der Waals surface area (Å²) in [5.41, 5.74) is 3.72. The molecule has 0 radical (unpaired) electrons. The molecular formula is C23H22F3N5O2. The second-order valence-electron chi connectivity index (χ2n) is 8.73. The Labute approximate surface area is 187 Å². The average molecular weight is 457 g/mol. The van der Waals surface area contributed by atoms with Crippen LogP contribution in [0.1, 0.15) is 34.5 Å². The Morgan fingerprint density at radius 3 is 2.52 bits per heavy atom. The number of halogens is 3. The van der Waals surface area contributed by atoms with Gasteiger partial charge in [0.2, 0.25) is 5.91 Å². The van der Waals surface area contributed by atoms with E-state index in [4.69, 9.17) is 0 Å². The first-order valence-corrected chi connectivity index (χ1v) is 10.7. The minimum absolute atomic E-state index is 0.00459. The van der Waals surface area contributed by atoms with Crippen molar-refractivity contribution in [3.63, 3.8) is 0 Å². The maximum Gasteiger partial charge on any atom is 0.433 e. The van der Waals surface area contributed by atoms with Crippen LogP contribution in [0.5, 0.6) is 0 Å². The van der Waals surface area contributed by atoms with Gasteiger partial charge in [-0.25, -0.2) is 4.98 Å². The lowest BCUT2D eigenvalue weighted by Crippen LogP contribution is -2.48. The van der Waals surface area contributed by atoms with Gasteiger partial charge in [0.05, 0.1) is 6.54 Å². The molecule has 0 N–H and O–H groups in total. The monoisotopic (exact) mass is 457 g/mol. The Morgan fingerprint density at radius 2 is 1.79 bits per heavy atom. The molecule has 1 amide bonds. The Morgan fingerprint density at radius 1 is 1.09 bits per heavy atom. The van der Waals surface area contributed by atoms with Crippen molar-refractivity contribution < 1.29 is 18.0 Å². The number of carbonyl (C=O) groups is 1. The molecule has 0 aliphatic carbocycles. The van der Waals surface area contributed by atoms with E-state index in [1.54, 1.807) is 15.4 Å². The number of aryl methyl sites for hydroxylation is 1. The highest BCUT2D eigenvalue weighted by Gasteiger charge is 2.36. The van der Waals surface area contributed by atoms with E-state index in [2.05, 4.69) is 9.97 Å². The molecule has 7 nitrogen and oxygen atoms in total. The number of pyridine rings is 2. The van der Waals surface area contributed by atoms with Gasteiger partial charge in [0.1, 0.15) is 11.3 Å². The number of hydrogen-bond acceptors (Lipinski definition) is 5. The third-order valence-electron chi connectivity index (χ3n) is 6.68. The summed E-state index contributed by atoms with van der Waals surface area (Å²) in [5.74, 6) is 0.0686. The maximum atomic E-state index is 13.0. The van der Waals surface area contributed by atoms with Crippen molar-refractivity contribution in [2.45, 2.75) is 39.5 Å². The number of fused-ring (bicyclic) bond motifs is 3. The minimum Gasteiger partial charge on any atom is -0.371 e. The lowest BCUT2D eigenvalue weighted by Gasteiger charge is -2.41. The molecule has 0 saturated carbocycles. The van der Waals surface area contributed by atoms with Gasteiger partial charge in [-0.15, -0.1) is 0 Å². The molecule has 0 atom stereocenters. The van der Waals surface area contributed by atoms with Crippen LogP contribution in [0.3, 0.4) is 0 Å². The summed E-state index contributed by atoms with van der Waals surface area (Å²) in [6.07, 6.45) is -1.51. The smallest absolute Gasteiger partial charge is 0.371 e. The van der Waals surface area contributed by atoms with Crippen molar-refractivity contribution in [3.8, 4) is 0 Å². The molecule has 10 heteroatoms. The van der Waals surface area contributed by atoms with E-state index in [1.807, 2.05) is 18.7 Å². The van der Waals surface area contributed by atoms with Gasteiger partial charge in [-0.1, -0.05) is 0 Å². The first kappa shape index (κ1) is 21.4. The van der Waals surface area contributed by atoms with Crippen LogP contribution < -0.4 is 10.5 Å². The summed E-state index contributed by atoms with van der Waals surface area (Å²) in [6.45, 7) is 5.73. The number of alkyl halides is 3. The molecular weight excluding hydrogens is 435 g/mol. The van der Waals surface area contributed by atoms with Crippen LogP contribution in [0.15, 0.2) is 35.4 Å². The van der Waals surface area contributed by atoms with Crippen molar-refractivity contribution in [3.05, 3.63) is 69.0 Å². The number of nitrogens with zero attached hydrogens (tertiary/aromatic N) is 5. The van der Waals surface area contributed by atoms with Gasteiger partial charge in [0.25, 0.3) is 5.56 Å². The average Bonchev–Trinajstić information content (AvgIpc) is 3.19. The number of rotatable bonds is 3. The molecule has 2 aliphatic rings. The molecule has 33 heavy (non-hydrogen) atoms. The van der Waals surface area contributed by atoms with E-state index in [0.717, 1.165) is 34.6 Å². The first-order valence-electron chi connectivity index (χ1n) is 10.7. The van der Waals surface area contributed by atoms with Crippen molar-refractivity contribution in [1.82, 2.24) is 19.3 Å². The maximum absolute atomic E-state index is 13.0.